The van der Waals surface area contributed by atoms with Crippen LogP contribution in [0.4, 0.5) is 0 Å². The van der Waals surface area contributed by atoms with Crippen molar-refractivity contribution in [1.82, 2.24) is 0 Å². The zero-order valence-corrected chi connectivity index (χ0v) is 16.8. The normalized spacial score (nSPS) is 31.9. The maximum Gasteiger partial charge on any atom is 0.335 e. The predicted octanol–water partition coefficient (Wildman–Crippen LogP) is -0.623. The van der Waals surface area contributed by atoms with Crippen molar-refractivity contribution in [3.63, 3.8) is 0 Å². The monoisotopic (exact) mass is 414 g/mol. The summed E-state index contributed by atoms with van der Waals surface area (Å²) >= 11 is 0. The van der Waals surface area contributed by atoms with Gasteiger partial charge in [-0.2, -0.15) is 0 Å². The van der Waals surface area contributed by atoms with Crippen molar-refractivity contribution >= 4 is 5.97 Å². The van der Waals surface area contributed by atoms with Gasteiger partial charge in [-0.15, -0.1) is 0 Å². The Balaban J connectivity index is 2.35. The van der Waals surface area contributed by atoms with Crippen molar-refractivity contribution in [3.05, 3.63) is 35.4 Å². The molecule has 0 amide bonds. The van der Waals surface area contributed by atoms with Gasteiger partial charge in [0.15, 0.2) is 6.10 Å². The summed E-state index contributed by atoms with van der Waals surface area (Å²) < 4.78 is 15.5. The van der Waals surface area contributed by atoms with Gasteiger partial charge in [0, 0.05) is 18.6 Å². The van der Waals surface area contributed by atoms with E-state index in [0.29, 0.717) is 6.42 Å². The van der Waals surface area contributed by atoms with Gasteiger partial charge < -0.3 is 39.7 Å². The lowest BCUT2D eigenvalue weighted by Gasteiger charge is -2.45. The molecule has 0 saturated carbocycles. The van der Waals surface area contributed by atoms with E-state index in [-0.39, 0.29) is 11.5 Å². The van der Waals surface area contributed by atoms with Crippen LogP contribution in [-0.4, -0.2) is 82.8 Å². The van der Waals surface area contributed by atoms with Crippen molar-refractivity contribution in [2.75, 3.05) is 20.8 Å². The first-order chi connectivity index (χ1) is 13.7. The van der Waals surface area contributed by atoms with Crippen LogP contribution in [0.25, 0.3) is 0 Å². The maximum atomic E-state index is 12.1. The molecule has 1 aromatic carbocycles. The summed E-state index contributed by atoms with van der Waals surface area (Å²) in [6.07, 6.45) is -5.74. The summed E-state index contributed by atoms with van der Waals surface area (Å²) in [6.45, 7) is 1.32. The molecular formula is C20H30O9. The summed E-state index contributed by atoms with van der Waals surface area (Å²) in [5.74, 6) is -3.12. The summed E-state index contributed by atoms with van der Waals surface area (Å²) in [6, 6.07) is 6.29. The fraction of sp³-hybridized carbons (Fsp3) is 0.650. The molecule has 2 rings (SSSR count). The molecule has 1 aliphatic rings. The fourth-order valence-corrected chi connectivity index (χ4v) is 3.71. The predicted molar refractivity (Wildman–Crippen MR) is 101 cm³/mol. The highest BCUT2D eigenvalue weighted by molar-refractivity contribution is 5.76. The molecule has 0 bridgehead atoms. The second kappa shape index (κ2) is 9.94. The first-order valence-corrected chi connectivity index (χ1v) is 9.51. The lowest BCUT2D eigenvalue weighted by atomic mass is 9.85. The molecule has 1 aliphatic heterocycles. The van der Waals surface area contributed by atoms with Gasteiger partial charge in [-0.1, -0.05) is 37.6 Å². The molecule has 1 aromatic rings. The van der Waals surface area contributed by atoms with E-state index in [1.165, 1.54) is 26.4 Å². The number of esters is 1. The molecule has 9 nitrogen and oxygen atoms in total. The van der Waals surface area contributed by atoms with Crippen molar-refractivity contribution in [2.45, 2.75) is 62.0 Å². The van der Waals surface area contributed by atoms with E-state index >= 15 is 0 Å². The number of methoxy groups -OCH3 is 2. The van der Waals surface area contributed by atoms with Crippen LogP contribution in [0.3, 0.4) is 0 Å². The van der Waals surface area contributed by atoms with Crippen molar-refractivity contribution < 1.29 is 44.5 Å². The molecule has 7 atom stereocenters. The highest BCUT2D eigenvalue weighted by Crippen LogP contribution is 2.37. The fourth-order valence-electron chi connectivity index (χ4n) is 3.71. The van der Waals surface area contributed by atoms with Crippen LogP contribution in [0.2, 0.25) is 0 Å². The minimum absolute atomic E-state index is 0.125. The summed E-state index contributed by atoms with van der Waals surface area (Å²) in [7, 11) is 2.71. The number of hydrogen-bond acceptors (Lipinski definition) is 9. The van der Waals surface area contributed by atoms with E-state index in [0.717, 1.165) is 12.0 Å². The van der Waals surface area contributed by atoms with Gasteiger partial charge in [0.25, 0.3) is 0 Å². The molecule has 9 heteroatoms. The van der Waals surface area contributed by atoms with Gasteiger partial charge in [0.05, 0.1) is 13.7 Å². The van der Waals surface area contributed by atoms with Gasteiger partial charge in [0.2, 0.25) is 5.79 Å². The van der Waals surface area contributed by atoms with Gasteiger partial charge in [-0.05, 0) is 12.0 Å². The Hall–Kier alpha value is -1.59. The minimum atomic E-state index is -2.33. The minimum Gasteiger partial charge on any atom is -0.467 e. The molecule has 1 fully saturated rings. The summed E-state index contributed by atoms with van der Waals surface area (Å²) in [4.78, 5) is 12.1. The second-order valence-electron chi connectivity index (χ2n) is 7.16. The van der Waals surface area contributed by atoms with E-state index < -0.39 is 48.9 Å². The zero-order chi connectivity index (χ0) is 21.8. The van der Waals surface area contributed by atoms with E-state index in [2.05, 4.69) is 0 Å². The van der Waals surface area contributed by atoms with Crippen LogP contribution in [0, 0.1) is 0 Å². The van der Waals surface area contributed by atoms with Crippen LogP contribution in [0.1, 0.15) is 36.8 Å². The number of carbonyl (C=O) groups is 1. The SMILES string of the molecule is CCCC(c1ccc(C2(O)O[C@H](CO)[C@@H](O)[C@H](O)[C@H]2O)cc1)C(OC)C(=O)OC. The number of aliphatic hydroxyl groups is 5. The van der Waals surface area contributed by atoms with E-state index in [9.17, 15) is 30.3 Å². The molecule has 0 aliphatic carbocycles. The number of ether oxygens (including phenoxy) is 3. The Morgan fingerprint density at radius 2 is 1.79 bits per heavy atom. The van der Waals surface area contributed by atoms with Crippen LogP contribution in [0.15, 0.2) is 24.3 Å². The Bertz CT molecular complexity index is 662. The molecular weight excluding hydrogens is 384 g/mol. The third kappa shape index (κ3) is 4.61. The Morgan fingerprint density at radius 3 is 2.28 bits per heavy atom. The zero-order valence-electron chi connectivity index (χ0n) is 16.8. The van der Waals surface area contributed by atoms with Crippen LogP contribution >= 0.6 is 0 Å². The van der Waals surface area contributed by atoms with Gasteiger partial charge >= 0.3 is 5.97 Å². The average Bonchev–Trinajstić information content (AvgIpc) is 2.74. The van der Waals surface area contributed by atoms with E-state index in [1.807, 2.05) is 6.92 Å². The molecule has 0 spiro atoms. The summed E-state index contributed by atoms with van der Waals surface area (Å²) in [5.41, 5.74) is 0.876. The Labute approximate surface area is 169 Å². The molecule has 0 aromatic heterocycles. The topological polar surface area (TPSA) is 146 Å². The Kier molecular flexibility index (Phi) is 8.12. The molecule has 3 unspecified atom stereocenters. The first kappa shape index (κ1) is 23.7. The van der Waals surface area contributed by atoms with E-state index in [1.54, 1.807) is 12.1 Å². The molecule has 1 saturated heterocycles. The van der Waals surface area contributed by atoms with Gasteiger partial charge in [0.1, 0.15) is 24.4 Å². The number of hydrogen-bond donors (Lipinski definition) is 5. The second-order valence-corrected chi connectivity index (χ2v) is 7.16. The van der Waals surface area contributed by atoms with Crippen molar-refractivity contribution in [3.8, 4) is 0 Å². The van der Waals surface area contributed by atoms with E-state index in [4.69, 9.17) is 14.2 Å². The van der Waals surface area contributed by atoms with Crippen molar-refractivity contribution in [1.29, 1.82) is 0 Å². The first-order valence-electron chi connectivity index (χ1n) is 9.51. The standard InChI is InChI=1S/C20H30O9/c1-4-5-13(17(27-2)19(25)28-3)11-6-8-12(9-7-11)20(26)18(24)16(23)15(22)14(10-21)29-20/h6-9,13-18,21-24,26H,4-5,10H2,1-3H3/t13?,14-,15-,16+,17?,18-,20?/m1/s1. The van der Waals surface area contributed by atoms with Crippen molar-refractivity contribution in [2.24, 2.45) is 0 Å². The number of rotatable bonds is 8. The van der Waals surface area contributed by atoms with Crippen LogP contribution < -0.4 is 0 Å². The van der Waals surface area contributed by atoms with Crippen LogP contribution in [-0.2, 0) is 24.8 Å². The lowest BCUT2D eigenvalue weighted by molar-refractivity contribution is -0.357. The summed E-state index contributed by atoms with van der Waals surface area (Å²) in [5, 5.41) is 50.4. The maximum absolute atomic E-state index is 12.1. The molecule has 164 valence electrons. The third-order valence-electron chi connectivity index (χ3n) is 5.37. The molecule has 0 radical (unpaired) electrons. The highest BCUT2D eigenvalue weighted by Gasteiger charge is 2.53. The number of carbonyl (C=O) groups excluding carboxylic acids is 1. The highest BCUT2D eigenvalue weighted by atomic mass is 16.7. The smallest absolute Gasteiger partial charge is 0.335 e. The average molecular weight is 414 g/mol. The van der Waals surface area contributed by atoms with Gasteiger partial charge in [-0.25, -0.2) is 4.79 Å². The van der Waals surface area contributed by atoms with Gasteiger partial charge in [-0.3, -0.25) is 0 Å². The third-order valence-corrected chi connectivity index (χ3v) is 5.37. The number of aliphatic hydroxyl groups excluding tert-OH is 4. The quantitative estimate of drug-likeness (QED) is 0.351. The molecule has 1 heterocycles. The molecule has 5 N–H and O–H groups in total. The lowest BCUT2D eigenvalue weighted by Crippen LogP contribution is -2.63. The molecule has 29 heavy (non-hydrogen) atoms. The Morgan fingerprint density at radius 1 is 1.17 bits per heavy atom. The largest absolute Gasteiger partial charge is 0.467 e. The number of benzene rings is 1. The van der Waals surface area contributed by atoms with Crippen LogP contribution in [0.5, 0.6) is 0 Å².